The molecule has 2 aliphatic rings. The molecule has 0 aromatic heterocycles. The van der Waals surface area contributed by atoms with Crippen LogP contribution in [0.1, 0.15) is 26.2 Å². The summed E-state index contributed by atoms with van der Waals surface area (Å²) in [7, 11) is 0. The van der Waals surface area contributed by atoms with E-state index in [0.29, 0.717) is 6.04 Å². The lowest BCUT2D eigenvalue weighted by molar-refractivity contribution is 0.0570. The molecule has 1 saturated heterocycles. The fourth-order valence-electron chi connectivity index (χ4n) is 2.31. The number of nitrogens with zero attached hydrogens (tertiary/aromatic N) is 1. The first kappa shape index (κ1) is 7.56. The molecule has 0 radical (unpaired) electrons. The van der Waals surface area contributed by atoms with Crippen molar-refractivity contribution in [3.05, 3.63) is 0 Å². The Kier molecular flexibility index (Phi) is 1.90. The molecule has 64 valence electrons. The van der Waals surface area contributed by atoms with E-state index in [2.05, 4.69) is 11.8 Å². The molecule has 1 aliphatic carbocycles. The van der Waals surface area contributed by atoms with Crippen LogP contribution in [0.4, 0.5) is 0 Å². The number of aliphatic hydroxyl groups excluding tert-OH is 1. The zero-order valence-electron chi connectivity index (χ0n) is 7.16. The second-order valence-corrected chi connectivity index (χ2v) is 4.18. The Morgan fingerprint density at radius 2 is 2.00 bits per heavy atom. The van der Waals surface area contributed by atoms with E-state index in [4.69, 9.17) is 0 Å². The van der Waals surface area contributed by atoms with Gasteiger partial charge in [0.15, 0.2) is 0 Å². The summed E-state index contributed by atoms with van der Waals surface area (Å²) in [5.74, 6) is 0.896. The van der Waals surface area contributed by atoms with Crippen LogP contribution in [-0.2, 0) is 0 Å². The topological polar surface area (TPSA) is 23.5 Å². The lowest BCUT2D eigenvalue weighted by Crippen LogP contribution is -2.50. The number of hydrogen-bond acceptors (Lipinski definition) is 2. The van der Waals surface area contributed by atoms with Crippen LogP contribution in [0.3, 0.4) is 0 Å². The van der Waals surface area contributed by atoms with Gasteiger partial charge in [-0.05, 0) is 25.2 Å². The number of aliphatic hydroxyl groups is 1. The normalized spacial score (nSPS) is 40.9. The minimum atomic E-state index is -0.00379. The first-order valence-corrected chi connectivity index (χ1v) is 4.68. The van der Waals surface area contributed by atoms with Crippen LogP contribution in [0, 0.1) is 5.92 Å². The van der Waals surface area contributed by atoms with Crippen molar-refractivity contribution in [3.8, 4) is 0 Å². The maximum Gasteiger partial charge on any atom is 0.0555 e. The Labute approximate surface area is 68.2 Å². The van der Waals surface area contributed by atoms with Crippen LogP contribution in [0.25, 0.3) is 0 Å². The average Bonchev–Trinajstić information content (AvgIpc) is 2.29. The Balaban J connectivity index is 1.79. The summed E-state index contributed by atoms with van der Waals surface area (Å²) in [5.41, 5.74) is 0. The van der Waals surface area contributed by atoms with Crippen molar-refractivity contribution in [1.82, 2.24) is 4.90 Å². The molecule has 0 aromatic carbocycles. The van der Waals surface area contributed by atoms with Gasteiger partial charge in [0.05, 0.1) is 6.10 Å². The Morgan fingerprint density at radius 3 is 2.45 bits per heavy atom. The van der Waals surface area contributed by atoms with E-state index in [-0.39, 0.29) is 6.10 Å². The molecule has 1 saturated carbocycles. The Bertz CT molecular complexity index is 142. The third-order valence-electron chi connectivity index (χ3n) is 2.99. The number of likely N-dealkylation sites (tertiary alicyclic amines) is 1. The average molecular weight is 155 g/mol. The minimum Gasteiger partial charge on any atom is -0.393 e. The largest absolute Gasteiger partial charge is 0.393 e. The molecule has 2 fully saturated rings. The van der Waals surface area contributed by atoms with Crippen molar-refractivity contribution in [2.24, 2.45) is 5.92 Å². The molecular formula is C9H17NO. The highest BCUT2D eigenvalue weighted by molar-refractivity contribution is 4.88. The highest BCUT2D eigenvalue weighted by Crippen LogP contribution is 2.29. The third-order valence-corrected chi connectivity index (χ3v) is 2.99. The number of hydrogen-bond donors (Lipinski definition) is 1. The SMILES string of the molecule is CC1CN(C2CCC(O)C2)C1. The maximum atomic E-state index is 9.31. The standard InChI is InChI=1S/C9H17NO/c1-7-5-10(6-7)8-2-3-9(11)4-8/h7-9,11H,2-6H2,1H3. The van der Waals surface area contributed by atoms with Crippen LogP contribution >= 0.6 is 0 Å². The van der Waals surface area contributed by atoms with Gasteiger partial charge < -0.3 is 5.11 Å². The van der Waals surface area contributed by atoms with Crippen LogP contribution < -0.4 is 0 Å². The van der Waals surface area contributed by atoms with E-state index < -0.39 is 0 Å². The van der Waals surface area contributed by atoms with E-state index in [0.717, 1.165) is 18.8 Å². The summed E-state index contributed by atoms with van der Waals surface area (Å²) < 4.78 is 0. The molecule has 0 amide bonds. The van der Waals surface area contributed by atoms with E-state index in [1.807, 2.05) is 0 Å². The molecule has 0 spiro atoms. The van der Waals surface area contributed by atoms with E-state index in [1.54, 1.807) is 0 Å². The van der Waals surface area contributed by atoms with Gasteiger partial charge >= 0.3 is 0 Å². The molecule has 2 heteroatoms. The molecule has 0 bridgehead atoms. The first-order chi connectivity index (χ1) is 5.25. The van der Waals surface area contributed by atoms with Crippen molar-refractivity contribution in [1.29, 1.82) is 0 Å². The molecule has 11 heavy (non-hydrogen) atoms. The van der Waals surface area contributed by atoms with Crippen LogP contribution in [0.15, 0.2) is 0 Å². The Hall–Kier alpha value is -0.0800. The van der Waals surface area contributed by atoms with Gasteiger partial charge in [-0.15, -0.1) is 0 Å². The molecule has 2 atom stereocenters. The summed E-state index contributed by atoms with van der Waals surface area (Å²) in [6.07, 6.45) is 3.26. The summed E-state index contributed by atoms with van der Waals surface area (Å²) in [5, 5.41) is 9.31. The van der Waals surface area contributed by atoms with Gasteiger partial charge in [-0.2, -0.15) is 0 Å². The second-order valence-electron chi connectivity index (χ2n) is 4.18. The summed E-state index contributed by atoms with van der Waals surface area (Å²) >= 11 is 0. The van der Waals surface area contributed by atoms with Crippen LogP contribution in [0.2, 0.25) is 0 Å². The highest BCUT2D eigenvalue weighted by atomic mass is 16.3. The number of rotatable bonds is 1. The van der Waals surface area contributed by atoms with Gasteiger partial charge in [-0.3, -0.25) is 4.90 Å². The zero-order chi connectivity index (χ0) is 7.84. The molecule has 2 rings (SSSR count). The van der Waals surface area contributed by atoms with E-state index in [1.165, 1.54) is 19.5 Å². The van der Waals surface area contributed by atoms with Crippen molar-refractivity contribution in [2.45, 2.75) is 38.3 Å². The summed E-state index contributed by atoms with van der Waals surface area (Å²) in [4.78, 5) is 2.51. The van der Waals surface area contributed by atoms with Crippen molar-refractivity contribution in [2.75, 3.05) is 13.1 Å². The molecule has 1 heterocycles. The van der Waals surface area contributed by atoms with Gasteiger partial charge in [0.2, 0.25) is 0 Å². The minimum absolute atomic E-state index is 0.00379. The van der Waals surface area contributed by atoms with Crippen molar-refractivity contribution >= 4 is 0 Å². The molecule has 1 N–H and O–H groups in total. The second kappa shape index (κ2) is 2.76. The van der Waals surface area contributed by atoms with Crippen molar-refractivity contribution < 1.29 is 5.11 Å². The third kappa shape index (κ3) is 1.42. The van der Waals surface area contributed by atoms with Gasteiger partial charge in [-0.25, -0.2) is 0 Å². The fraction of sp³-hybridized carbons (Fsp3) is 1.00. The van der Waals surface area contributed by atoms with Crippen molar-refractivity contribution in [3.63, 3.8) is 0 Å². The van der Waals surface area contributed by atoms with Crippen LogP contribution in [0.5, 0.6) is 0 Å². The molecule has 2 nitrogen and oxygen atoms in total. The fourth-order valence-corrected chi connectivity index (χ4v) is 2.31. The first-order valence-electron chi connectivity index (χ1n) is 4.68. The molecule has 1 aliphatic heterocycles. The lowest BCUT2D eigenvalue weighted by atomic mass is 9.99. The smallest absolute Gasteiger partial charge is 0.0555 e. The predicted molar refractivity (Wildman–Crippen MR) is 44.4 cm³/mol. The van der Waals surface area contributed by atoms with Crippen LogP contribution in [-0.4, -0.2) is 35.2 Å². The molecule has 2 unspecified atom stereocenters. The predicted octanol–water partition coefficient (Wildman–Crippen LogP) is 0.851. The van der Waals surface area contributed by atoms with Gasteiger partial charge in [-0.1, -0.05) is 6.92 Å². The lowest BCUT2D eigenvalue weighted by Gasteiger charge is -2.41. The monoisotopic (exact) mass is 155 g/mol. The summed E-state index contributed by atoms with van der Waals surface area (Å²) in [6, 6.07) is 0.709. The van der Waals surface area contributed by atoms with E-state index in [9.17, 15) is 5.11 Å². The molecule has 0 aromatic rings. The Morgan fingerprint density at radius 1 is 1.27 bits per heavy atom. The maximum absolute atomic E-state index is 9.31. The van der Waals surface area contributed by atoms with Gasteiger partial charge in [0.1, 0.15) is 0 Å². The zero-order valence-corrected chi connectivity index (χ0v) is 7.16. The quantitative estimate of drug-likeness (QED) is 0.607. The van der Waals surface area contributed by atoms with Gasteiger partial charge in [0, 0.05) is 19.1 Å². The molecular weight excluding hydrogens is 138 g/mol. The summed E-state index contributed by atoms with van der Waals surface area (Å²) in [6.45, 7) is 4.82. The van der Waals surface area contributed by atoms with E-state index >= 15 is 0 Å². The van der Waals surface area contributed by atoms with Gasteiger partial charge in [0.25, 0.3) is 0 Å². The highest BCUT2D eigenvalue weighted by Gasteiger charge is 2.33.